The Morgan fingerprint density at radius 2 is 2.50 bits per heavy atom. The second-order valence-corrected chi connectivity index (χ2v) is 5.12. The van der Waals surface area contributed by atoms with Crippen LogP contribution in [0.15, 0.2) is 10.9 Å². The summed E-state index contributed by atoms with van der Waals surface area (Å²) < 4.78 is 0. The number of rotatable bonds is 2. The highest BCUT2D eigenvalue weighted by Gasteiger charge is 2.24. The molecule has 1 fully saturated rings. The average Bonchev–Trinajstić information content (AvgIpc) is 2.77. The van der Waals surface area contributed by atoms with Gasteiger partial charge in [0.15, 0.2) is 0 Å². The van der Waals surface area contributed by atoms with Crippen LogP contribution in [0.2, 0.25) is 0 Å². The monoisotopic (exact) mass is 239 g/mol. The van der Waals surface area contributed by atoms with E-state index in [-0.39, 0.29) is 5.91 Å². The van der Waals surface area contributed by atoms with Crippen molar-refractivity contribution in [2.45, 2.75) is 31.8 Å². The second-order valence-electron chi connectivity index (χ2n) is 4.40. The maximum atomic E-state index is 11.8. The number of nitrogens with one attached hydrogen (secondary N) is 1. The first-order valence-corrected chi connectivity index (χ1v) is 6.50. The van der Waals surface area contributed by atoms with Crippen molar-refractivity contribution in [3.8, 4) is 0 Å². The zero-order valence-electron chi connectivity index (χ0n) is 9.64. The van der Waals surface area contributed by atoms with Crippen molar-refractivity contribution in [1.29, 1.82) is 0 Å². The van der Waals surface area contributed by atoms with Crippen molar-refractivity contribution < 1.29 is 4.79 Å². The molecule has 1 saturated heterocycles. The van der Waals surface area contributed by atoms with Crippen LogP contribution < -0.4 is 5.32 Å². The molecule has 4 nitrogen and oxygen atoms in total. The van der Waals surface area contributed by atoms with Gasteiger partial charge in [0.05, 0.1) is 5.51 Å². The zero-order valence-corrected chi connectivity index (χ0v) is 10.5. The molecule has 0 saturated carbocycles. The smallest absolute Gasteiger partial charge is 0.270 e. The Kier molecular flexibility index (Phi) is 3.56. The first-order valence-electron chi connectivity index (χ1n) is 5.56. The Bertz CT molecular complexity index is 352. The van der Waals surface area contributed by atoms with E-state index < -0.39 is 0 Å². The van der Waals surface area contributed by atoms with E-state index in [1.807, 2.05) is 0 Å². The molecule has 1 N–H and O–H groups in total. The molecule has 0 aliphatic carbocycles. The van der Waals surface area contributed by atoms with Gasteiger partial charge in [0.2, 0.25) is 0 Å². The molecule has 88 valence electrons. The Labute approximate surface area is 99.7 Å². The predicted octanol–water partition coefficient (Wildman–Crippen LogP) is 1.36. The molecular weight excluding hydrogens is 222 g/mol. The first-order chi connectivity index (χ1) is 7.66. The molecule has 0 bridgehead atoms. The van der Waals surface area contributed by atoms with Crippen LogP contribution in [-0.2, 0) is 0 Å². The molecule has 2 heterocycles. The summed E-state index contributed by atoms with van der Waals surface area (Å²) in [5, 5.41) is 4.84. The number of hydrogen-bond donors (Lipinski definition) is 1. The highest BCUT2D eigenvalue weighted by Crippen LogP contribution is 2.15. The summed E-state index contributed by atoms with van der Waals surface area (Å²) in [7, 11) is 2.13. The van der Waals surface area contributed by atoms with Gasteiger partial charge in [0.1, 0.15) is 5.69 Å². The Morgan fingerprint density at radius 1 is 1.69 bits per heavy atom. The third-order valence-electron chi connectivity index (χ3n) is 3.21. The fourth-order valence-corrected chi connectivity index (χ4v) is 2.54. The van der Waals surface area contributed by atoms with E-state index in [1.165, 1.54) is 11.3 Å². The zero-order chi connectivity index (χ0) is 11.5. The molecule has 0 aromatic carbocycles. The van der Waals surface area contributed by atoms with Crippen LogP contribution in [0.1, 0.15) is 30.3 Å². The molecule has 1 aliphatic heterocycles. The summed E-state index contributed by atoms with van der Waals surface area (Å²) in [6.45, 7) is 3.24. The molecule has 1 aromatic heterocycles. The number of aromatic nitrogens is 1. The van der Waals surface area contributed by atoms with E-state index in [0.29, 0.717) is 17.8 Å². The van der Waals surface area contributed by atoms with Gasteiger partial charge in [-0.3, -0.25) is 4.79 Å². The summed E-state index contributed by atoms with van der Waals surface area (Å²) >= 11 is 1.45. The van der Waals surface area contributed by atoms with E-state index in [4.69, 9.17) is 0 Å². The van der Waals surface area contributed by atoms with E-state index in [2.05, 4.69) is 29.2 Å². The van der Waals surface area contributed by atoms with Crippen LogP contribution in [-0.4, -0.2) is 41.5 Å². The van der Waals surface area contributed by atoms with Gasteiger partial charge in [-0.25, -0.2) is 4.98 Å². The summed E-state index contributed by atoms with van der Waals surface area (Å²) in [4.78, 5) is 18.1. The third kappa shape index (κ3) is 2.59. The minimum Gasteiger partial charge on any atom is -0.348 e. The molecule has 1 aliphatic rings. The number of amides is 1. The topological polar surface area (TPSA) is 45.2 Å². The lowest BCUT2D eigenvalue weighted by Gasteiger charge is -2.35. The van der Waals surface area contributed by atoms with E-state index in [9.17, 15) is 4.79 Å². The minimum absolute atomic E-state index is 0.0389. The summed E-state index contributed by atoms with van der Waals surface area (Å²) in [6, 6.07) is 0.829. The number of nitrogens with zero attached hydrogens (tertiary/aromatic N) is 2. The van der Waals surface area contributed by atoms with Crippen LogP contribution >= 0.6 is 11.3 Å². The highest BCUT2D eigenvalue weighted by atomic mass is 32.1. The molecule has 1 amide bonds. The lowest BCUT2D eigenvalue weighted by Crippen LogP contribution is -2.47. The molecule has 0 spiro atoms. The molecule has 1 aromatic rings. The summed E-state index contributed by atoms with van der Waals surface area (Å²) in [5.74, 6) is -0.0389. The van der Waals surface area contributed by atoms with Crippen molar-refractivity contribution in [2.75, 3.05) is 13.6 Å². The standard InChI is InChI=1S/C11H17N3OS/c1-8-5-9(3-4-14(8)2)13-11(15)10-6-16-7-12-10/h6-9H,3-5H2,1-2H3,(H,13,15). The van der Waals surface area contributed by atoms with Crippen LogP contribution in [0.25, 0.3) is 0 Å². The van der Waals surface area contributed by atoms with Gasteiger partial charge in [0, 0.05) is 24.0 Å². The fraction of sp³-hybridized carbons (Fsp3) is 0.636. The predicted molar refractivity (Wildman–Crippen MR) is 64.7 cm³/mol. The Balaban J connectivity index is 1.89. The van der Waals surface area contributed by atoms with Crippen LogP contribution in [0.4, 0.5) is 0 Å². The number of carbonyl (C=O) groups is 1. The molecule has 0 radical (unpaired) electrons. The molecule has 16 heavy (non-hydrogen) atoms. The SMILES string of the molecule is CC1CC(NC(=O)c2cscn2)CCN1C. The maximum Gasteiger partial charge on any atom is 0.270 e. The molecule has 5 heteroatoms. The molecule has 2 atom stereocenters. The normalized spacial score (nSPS) is 26.6. The Hall–Kier alpha value is -0.940. The maximum absolute atomic E-state index is 11.8. The van der Waals surface area contributed by atoms with Crippen molar-refractivity contribution >= 4 is 17.2 Å². The van der Waals surface area contributed by atoms with Gasteiger partial charge in [-0.2, -0.15) is 0 Å². The number of piperidine rings is 1. The number of hydrogen-bond acceptors (Lipinski definition) is 4. The average molecular weight is 239 g/mol. The number of likely N-dealkylation sites (tertiary alicyclic amines) is 1. The summed E-state index contributed by atoms with van der Waals surface area (Å²) in [5.41, 5.74) is 2.23. The van der Waals surface area contributed by atoms with Crippen LogP contribution in [0, 0.1) is 0 Å². The minimum atomic E-state index is -0.0389. The van der Waals surface area contributed by atoms with Gasteiger partial charge >= 0.3 is 0 Å². The van der Waals surface area contributed by atoms with Crippen molar-refractivity contribution in [3.63, 3.8) is 0 Å². The Morgan fingerprint density at radius 3 is 3.12 bits per heavy atom. The quantitative estimate of drug-likeness (QED) is 0.847. The third-order valence-corrected chi connectivity index (χ3v) is 3.79. The van der Waals surface area contributed by atoms with Crippen LogP contribution in [0.5, 0.6) is 0 Å². The molecular formula is C11H17N3OS. The van der Waals surface area contributed by atoms with Gasteiger partial charge in [-0.1, -0.05) is 0 Å². The number of thiazole rings is 1. The second kappa shape index (κ2) is 4.93. The fourth-order valence-electron chi connectivity index (χ4n) is 2.00. The highest BCUT2D eigenvalue weighted by molar-refractivity contribution is 7.07. The number of carbonyl (C=O) groups excluding carboxylic acids is 1. The van der Waals surface area contributed by atoms with Crippen LogP contribution in [0.3, 0.4) is 0 Å². The molecule has 2 unspecified atom stereocenters. The largest absolute Gasteiger partial charge is 0.348 e. The van der Waals surface area contributed by atoms with Crippen molar-refractivity contribution in [1.82, 2.24) is 15.2 Å². The van der Waals surface area contributed by atoms with Gasteiger partial charge < -0.3 is 10.2 Å². The molecule has 2 rings (SSSR count). The van der Waals surface area contributed by atoms with Gasteiger partial charge in [-0.15, -0.1) is 11.3 Å². The van der Waals surface area contributed by atoms with E-state index in [1.54, 1.807) is 10.9 Å². The first kappa shape index (κ1) is 11.5. The van der Waals surface area contributed by atoms with Crippen molar-refractivity contribution in [3.05, 3.63) is 16.6 Å². The van der Waals surface area contributed by atoms with E-state index >= 15 is 0 Å². The van der Waals surface area contributed by atoms with E-state index in [0.717, 1.165) is 19.4 Å². The lowest BCUT2D eigenvalue weighted by atomic mass is 9.99. The van der Waals surface area contributed by atoms with Gasteiger partial charge in [-0.05, 0) is 26.8 Å². The summed E-state index contributed by atoms with van der Waals surface area (Å²) in [6.07, 6.45) is 2.04. The lowest BCUT2D eigenvalue weighted by molar-refractivity contribution is 0.0892. The van der Waals surface area contributed by atoms with Crippen molar-refractivity contribution in [2.24, 2.45) is 0 Å². The van der Waals surface area contributed by atoms with Gasteiger partial charge in [0.25, 0.3) is 5.91 Å².